The normalized spacial score (nSPS) is 24.3. The summed E-state index contributed by atoms with van der Waals surface area (Å²) in [6.45, 7) is 9.84. The lowest BCUT2D eigenvalue weighted by Gasteiger charge is -2.45. The molecule has 7 nitrogen and oxygen atoms in total. The Morgan fingerprint density at radius 3 is 2.43 bits per heavy atom. The van der Waals surface area contributed by atoms with E-state index in [-0.39, 0.29) is 17.7 Å². The molecule has 132 valence electrons. The molecule has 2 fully saturated rings. The average Bonchev–Trinajstić information content (AvgIpc) is 2.47. The highest BCUT2D eigenvalue weighted by Gasteiger charge is 2.42. The van der Waals surface area contributed by atoms with Crippen LogP contribution >= 0.6 is 0 Å². The van der Waals surface area contributed by atoms with Crippen LogP contribution in [0.15, 0.2) is 0 Å². The Balaban J connectivity index is 1.81. The zero-order chi connectivity index (χ0) is 17.1. The standard InChI is InChI=1S/C16H28N2O5/c1-5-21-13(19)12-10-22-16(11-17-12)6-8-18(9-7-16)14(20)23-15(2,3)4/h12,17H,5-11H2,1-4H3. The Kier molecular flexibility index (Phi) is 5.52. The monoisotopic (exact) mass is 328 g/mol. The molecule has 1 spiro atoms. The molecule has 1 atom stereocenters. The molecular weight excluding hydrogens is 300 g/mol. The highest BCUT2D eigenvalue weighted by atomic mass is 16.6. The van der Waals surface area contributed by atoms with Crippen molar-refractivity contribution < 1.29 is 23.8 Å². The number of nitrogens with zero attached hydrogens (tertiary/aromatic N) is 1. The van der Waals surface area contributed by atoms with E-state index in [0.29, 0.717) is 32.8 Å². The predicted molar refractivity (Wildman–Crippen MR) is 84.1 cm³/mol. The van der Waals surface area contributed by atoms with E-state index in [0.717, 1.165) is 12.8 Å². The topological polar surface area (TPSA) is 77.1 Å². The summed E-state index contributed by atoms with van der Waals surface area (Å²) in [5.74, 6) is -0.270. The number of piperidine rings is 1. The number of nitrogens with one attached hydrogen (secondary N) is 1. The summed E-state index contributed by atoms with van der Waals surface area (Å²) >= 11 is 0. The van der Waals surface area contributed by atoms with Gasteiger partial charge in [-0.1, -0.05) is 0 Å². The third-order valence-corrected chi connectivity index (χ3v) is 4.12. The van der Waals surface area contributed by atoms with Gasteiger partial charge >= 0.3 is 12.1 Å². The van der Waals surface area contributed by atoms with Gasteiger partial charge in [-0.2, -0.15) is 0 Å². The molecule has 0 radical (unpaired) electrons. The van der Waals surface area contributed by atoms with Crippen LogP contribution in [0.1, 0.15) is 40.5 Å². The van der Waals surface area contributed by atoms with Crippen molar-refractivity contribution in [3.63, 3.8) is 0 Å². The lowest BCUT2D eigenvalue weighted by molar-refractivity contribution is -0.158. The molecule has 0 bridgehead atoms. The minimum Gasteiger partial charge on any atom is -0.465 e. The fourth-order valence-corrected chi connectivity index (χ4v) is 2.82. The van der Waals surface area contributed by atoms with Gasteiger partial charge in [-0.05, 0) is 40.5 Å². The molecule has 23 heavy (non-hydrogen) atoms. The summed E-state index contributed by atoms with van der Waals surface area (Å²) in [6.07, 6.45) is 1.18. The molecule has 2 rings (SSSR count). The van der Waals surface area contributed by atoms with Crippen molar-refractivity contribution in [2.45, 2.75) is 57.8 Å². The van der Waals surface area contributed by atoms with Gasteiger partial charge < -0.3 is 19.1 Å². The van der Waals surface area contributed by atoms with Crippen LogP contribution < -0.4 is 5.32 Å². The van der Waals surface area contributed by atoms with Crippen molar-refractivity contribution in [2.75, 3.05) is 32.8 Å². The Hall–Kier alpha value is -1.34. The van der Waals surface area contributed by atoms with Gasteiger partial charge in [-0.15, -0.1) is 0 Å². The van der Waals surface area contributed by atoms with E-state index >= 15 is 0 Å². The van der Waals surface area contributed by atoms with Crippen LogP contribution in [0.2, 0.25) is 0 Å². The number of rotatable bonds is 2. The first kappa shape index (κ1) is 18.0. The number of hydrogen-bond acceptors (Lipinski definition) is 6. The number of ether oxygens (including phenoxy) is 3. The van der Waals surface area contributed by atoms with Crippen LogP contribution in [0, 0.1) is 0 Å². The molecule has 1 unspecified atom stereocenters. The van der Waals surface area contributed by atoms with Gasteiger partial charge in [-0.3, -0.25) is 10.1 Å². The summed E-state index contributed by atoms with van der Waals surface area (Å²) in [5.41, 5.74) is -0.788. The molecule has 2 aliphatic rings. The maximum atomic E-state index is 12.1. The van der Waals surface area contributed by atoms with Gasteiger partial charge in [0.15, 0.2) is 0 Å². The van der Waals surface area contributed by atoms with E-state index in [1.807, 2.05) is 20.8 Å². The SMILES string of the molecule is CCOC(=O)C1COC2(CCN(C(=O)OC(C)(C)C)CC2)CN1. The second kappa shape index (κ2) is 7.05. The van der Waals surface area contributed by atoms with Crippen LogP contribution in [-0.4, -0.2) is 67.1 Å². The second-order valence-electron chi connectivity index (χ2n) is 7.15. The van der Waals surface area contributed by atoms with Gasteiger partial charge in [0, 0.05) is 19.6 Å². The molecule has 0 aliphatic carbocycles. The van der Waals surface area contributed by atoms with Crippen molar-refractivity contribution in [1.82, 2.24) is 10.2 Å². The van der Waals surface area contributed by atoms with E-state index < -0.39 is 11.6 Å². The van der Waals surface area contributed by atoms with Crippen LogP contribution in [0.5, 0.6) is 0 Å². The Morgan fingerprint density at radius 2 is 1.96 bits per heavy atom. The number of esters is 1. The lowest BCUT2D eigenvalue weighted by atomic mass is 9.89. The zero-order valence-corrected chi connectivity index (χ0v) is 14.5. The number of morpholine rings is 1. The third kappa shape index (κ3) is 4.81. The van der Waals surface area contributed by atoms with Gasteiger partial charge in [0.25, 0.3) is 0 Å². The molecular formula is C16H28N2O5. The van der Waals surface area contributed by atoms with Gasteiger partial charge in [0.2, 0.25) is 0 Å². The largest absolute Gasteiger partial charge is 0.465 e. The van der Waals surface area contributed by atoms with Crippen molar-refractivity contribution in [3.8, 4) is 0 Å². The van der Waals surface area contributed by atoms with Crippen LogP contribution in [0.25, 0.3) is 0 Å². The van der Waals surface area contributed by atoms with Crippen molar-refractivity contribution >= 4 is 12.1 Å². The first-order valence-corrected chi connectivity index (χ1v) is 8.27. The van der Waals surface area contributed by atoms with E-state index in [1.54, 1.807) is 11.8 Å². The summed E-state index contributed by atoms with van der Waals surface area (Å²) < 4.78 is 16.4. The maximum Gasteiger partial charge on any atom is 0.410 e. The molecule has 2 aliphatic heterocycles. The van der Waals surface area contributed by atoms with Crippen LogP contribution in [0.4, 0.5) is 4.79 Å². The highest BCUT2D eigenvalue weighted by molar-refractivity contribution is 5.76. The number of carbonyl (C=O) groups excluding carboxylic acids is 2. The minimum absolute atomic E-state index is 0.270. The molecule has 0 aromatic carbocycles. The Labute approximate surface area is 137 Å². The average molecular weight is 328 g/mol. The molecule has 7 heteroatoms. The first-order valence-electron chi connectivity index (χ1n) is 8.27. The summed E-state index contributed by atoms with van der Waals surface area (Å²) in [5, 5.41) is 3.21. The van der Waals surface area contributed by atoms with E-state index in [2.05, 4.69) is 5.32 Å². The fraction of sp³-hybridized carbons (Fsp3) is 0.875. The quantitative estimate of drug-likeness (QED) is 0.770. The summed E-state index contributed by atoms with van der Waals surface area (Å²) in [6, 6.07) is -0.399. The second-order valence-corrected chi connectivity index (χ2v) is 7.15. The summed E-state index contributed by atoms with van der Waals surface area (Å²) in [4.78, 5) is 25.5. The number of hydrogen-bond donors (Lipinski definition) is 1. The molecule has 1 N–H and O–H groups in total. The van der Waals surface area contributed by atoms with Crippen molar-refractivity contribution in [3.05, 3.63) is 0 Å². The molecule has 2 heterocycles. The fourth-order valence-electron chi connectivity index (χ4n) is 2.82. The first-order chi connectivity index (χ1) is 10.7. The van der Waals surface area contributed by atoms with Gasteiger partial charge in [-0.25, -0.2) is 4.79 Å². The van der Waals surface area contributed by atoms with Gasteiger partial charge in [0.05, 0.1) is 18.8 Å². The van der Waals surface area contributed by atoms with Crippen molar-refractivity contribution in [2.24, 2.45) is 0 Å². The smallest absolute Gasteiger partial charge is 0.410 e. The molecule has 0 saturated carbocycles. The minimum atomic E-state index is -0.484. The molecule has 0 aromatic rings. The predicted octanol–water partition coefficient (Wildman–Crippen LogP) is 1.31. The number of carbonyl (C=O) groups is 2. The molecule has 2 saturated heterocycles. The third-order valence-electron chi connectivity index (χ3n) is 4.12. The Bertz CT molecular complexity index is 428. The summed E-state index contributed by atoms with van der Waals surface area (Å²) in [7, 11) is 0. The van der Waals surface area contributed by atoms with Crippen LogP contribution in [-0.2, 0) is 19.0 Å². The number of amides is 1. The zero-order valence-electron chi connectivity index (χ0n) is 14.5. The van der Waals surface area contributed by atoms with E-state index in [1.165, 1.54) is 0 Å². The molecule has 1 amide bonds. The van der Waals surface area contributed by atoms with Crippen LogP contribution in [0.3, 0.4) is 0 Å². The Morgan fingerprint density at radius 1 is 1.30 bits per heavy atom. The number of likely N-dealkylation sites (tertiary alicyclic amines) is 1. The maximum absolute atomic E-state index is 12.1. The molecule has 0 aromatic heterocycles. The van der Waals surface area contributed by atoms with E-state index in [9.17, 15) is 9.59 Å². The van der Waals surface area contributed by atoms with Gasteiger partial charge in [0.1, 0.15) is 11.6 Å². The van der Waals surface area contributed by atoms with E-state index in [4.69, 9.17) is 14.2 Å². The van der Waals surface area contributed by atoms with Crippen molar-refractivity contribution in [1.29, 1.82) is 0 Å². The highest BCUT2D eigenvalue weighted by Crippen LogP contribution is 2.29. The lowest BCUT2D eigenvalue weighted by Crippen LogP contribution is -2.61.